The minimum absolute atomic E-state index is 0.157. The van der Waals surface area contributed by atoms with E-state index >= 15 is 0 Å². The molecule has 0 bridgehead atoms. The molecular formula is C12H18N4. The molecule has 0 spiro atoms. The highest BCUT2D eigenvalue weighted by Gasteiger charge is 2.30. The number of aryl methyl sites for hydroxylation is 1. The molecule has 4 heteroatoms. The molecule has 2 heterocycles. The van der Waals surface area contributed by atoms with Crippen molar-refractivity contribution in [2.45, 2.75) is 38.1 Å². The number of nitrogens with zero attached hydrogens (tertiary/aromatic N) is 2. The van der Waals surface area contributed by atoms with Gasteiger partial charge in [-0.05, 0) is 39.2 Å². The summed E-state index contributed by atoms with van der Waals surface area (Å²) in [6.45, 7) is 4.37. The van der Waals surface area contributed by atoms with E-state index in [2.05, 4.69) is 27.5 Å². The second-order valence-electron chi connectivity index (χ2n) is 5.11. The third-order valence-corrected chi connectivity index (χ3v) is 3.66. The van der Waals surface area contributed by atoms with E-state index in [0.29, 0.717) is 0 Å². The van der Waals surface area contributed by atoms with E-state index in [0.717, 1.165) is 38.2 Å². The summed E-state index contributed by atoms with van der Waals surface area (Å²) < 4.78 is 0. The molecule has 1 fully saturated rings. The average Bonchev–Trinajstić information content (AvgIpc) is 2.87. The van der Waals surface area contributed by atoms with Gasteiger partial charge in [-0.1, -0.05) is 0 Å². The van der Waals surface area contributed by atoms with E-state index < -0.39 is 0 Å². The molecule has 2 N–H and O–H groups in total. The molecule has 0 radical (unpaired) electrons. The standard InChI is InChI=1S/C12H18N4/c1-12(5-6-13-7-12)16-11-9-3-2-4-10(9)14-8-15-11/h8,13H,2-7H2,1H3,(H,14,15,16). The number of hydrogen-bond acceptors (Lipinski definition) is 4. The largest absolute Gasteiger partial charge is 0.363 e. The van der Waals surface area contributed by atoms with Crippen LogP contribution in [0.1, 0.15) is 31.0 Å². The molecule has 86 valence electrons. The third kappa shape index (κ3) is 1.67. The Morgan fingerprint density at radius 2 is 2.31 bits per heavy atom. The van der Waals surface area contributed by atoms with E-state index in [1.54, 1.807) is 6.33 Å². The van der Waals surface area contributed by atoms with Crippen LogP contribution >= 0.6 is 0 Å². The first-order valence-corrected chi connectivity index (χ1v) is 6.08. The summed E-state index contributed by atoms with van der Waals surface area (Å²) in [4.78, 5) is 8.76. The number of aromatic nitrogens is 2. The number of rotatable bonds is 2. The van der Waals surface area contributed by atoms with E-state index in [-0.39, 0.29) is 5.54 Å². The fraction of sp³-hybridized carbons (Fsp3) is 0.667. The van der Waals surface area contributed by atoms with Crippen LogP contribution in [0, 0.1) is 0 Å². The maximum absolute atomic E-state index is 4.41. The molecule has 4 nitrogen and oxygen atoms in total. The molecule has 1 aliphatic carbocycles. The molecular weight excluding hydrogens is 200 g/mol. The van der Waals surface area contributed by atoms with E-state index in [9.17, 15) is 0 Å². The zero-order valence-electron chi connectivity index (χ0n) is 9.71. The van der Waals surface area contributed by atoms with Crippen molar-refractivity contribution in [2.75, 3.05) is 18.4 Å². The monoisotopic (exact) mass is 218 g/mol. The number of anilines is 1. The molecule has 1 aromatic heterocycles. The highest BCUT2D eigenvalue weighted by Crippen LogP contribution is 2.28. The second-order valence-corrected chi connectivity index (χ2v) is 5.11. The Balaban J connectivity index is 1.87. The summed E-state index contributed by atoms with van der Waals surface area (Å²) in [5.41, 5.74) is 2.74. The van der Waals surface area contributed by atoms with Crippen LogP contribution in [0.4, 0.5) is 5.82 Å². The van der Waals surface area contributed by atoms with Crippen molar-refractivity contribution in [2.24, 2.45) is 0 Å². The second kappa shape index (κ2) is 3.70. The summed E-state index contributed by atoms with van der Waals surface area (Å²) in [6, 6.07) is 0. The summed E-state index contributed by atoms with van der Waals surface area (Å²) in [7, 11) is 0. The first-order valence-electron chi connectivity index (χ1n) is 6.08. The highest BCUT2D eigenvalue weighted by atomic mass is 15.1. The zero-order chi connectivity index (χ0) is 11.0. The van der Waals surface area contributed by atoms with Crippen molar-refractivity contribution >= 4 is 5.82 Å². The molecule has 1 saturated heterocycles. The lowest BCUT2D eigenvalue weighted by Crippen LogP contribution is -2.37. The molecule has 16 heavy (non-hydrogen) atoms. The summed E-state index contributed by atoms with van der Waals surface area (Å²) >= 11 is 0. The predicted molar refractivity (Wildman–Crippen MR) is 63.6 cm³/mol. The third-order valence-electron chi connectivity index (χ3n) is 3.66. The van der Waals surface area contributed by atoms with Gasteiger partial charge in [0.2, 0.25) is 0 Å². The molecule has 0 aromatic carbocycles. The molecule has 2 aliphatic rings. The van der Waals surface area contributed by atoms with Crippen LogP contribution in [-0.4, -0.2) is 28.6 Å². The Morgan fingerprint density at radius 1 is 1.38 bits per heavy atom. The van der Waals surface area contributed by atoms with Gasteiger partial charge in [-0.3, -0.25) is 0 Å². The van der Waals surface area contributed by atoms with Gasteiger partial charge in [0.1, 0.15) is 12.1 Å². The van der Waals surface area contributed by atoms with Crippen LogP contribution in [-0.2, 0) is 12.8 Å². The van der Waals surface area contributed by atoms with Gasteiger partial charge in [0, 0.05) is 23.3 Å². The van der Waals surface area contributed by atoms with Gasteiger partial charge in [-0.25, -0.2) is 9.97 Å². The van der Waals surface area contributed by atoms with Crippen molar-refractivity contribution < 1.29 is 0 Å². The first-order chi connectivity index (χ1) is 7.77. The van der Waals surface area contributed by atoms with Crippen LogP contribution in [0.5, 0.6) is 0 Å². The van der Waals surface area contributed by atoms with Crippen LogP contribution in [0.2, 0.25) is 0 Å². The van der Waals surface area contributed by atoms with Crippen LogP contribution < -0.4 is 10.6 Å². The van der Waals surface area contributed by atoms with Crippen LogP contribution in [0.3, 0.4) is 0 Å². The Hall–Kier alpha value is -1.16. The lowest BCUT2D eigenvalue weighted by Gasteiger charge is -2.26. The van der Waals surface area contributed by atoms with E-state index in [1.807, 2.05) is 0 Å². The molecule has 1 aromatic rings. The molecule has 0 amide bonds. The smallest absolute Gasteiger partial charge is 0.133 e. The minimum atomic E-state index is 0.157. The van der Waals surface area contributed by atoms with E-state index in [4.69, 9.17) is 0 Å². The van der Waals surface area contributed by atoms with Gasteiger partial charge < -0.3 is 10.6 Å². The Bertz CT molecular complexity index is 396. The number of fused-ring (bicyclic) bond motifs is 1. The van der Waals surface area contributed by atoms with Crippen molar-refractivity contribution in [1.82, 2.24) is 15.3 Å². The normalized spacial score (nSPS) is 28.1. The summed E-state index contributed by atoms with van der Waals surface area (Å²) in [6.07, 6.45) is 6.31. The Morgan fingerprint density at radius 3 is 3.12 bits per heavy atom. The molecule has 1 unspecified atom stereocenters. The fourth-order valence-corrected chi connectivity index (χ4v) is 2.68. The van der Waals surface area contributed by atoms with Crippen molar-refractivity contribution in [3.8, 4) is 0 Å². The Kier molecular flexibility index (Phi) is 2.32. The van der Waals surface area contributed by atoms with Gasteiger partial charge in [0.25, 0.3) is 0 Å². The SMILES string of the molecule is CC1(Nc2ncnc3c2CCC3)CCNC1. The van der Waals surface area contributed by atoms with Crippen LogP contribution in [0.15, 0.2) is 6.33 Å². The lowest BCUT2D eigenvalue weighted by molar-refractivity contribution is 0.563. The topological polar surface area (TPSA) is 49.8 Å². The highest BCUT2D eigenvalue weighted by molar-refractivity contribution is 5.50. The number of hydrogen-bond donors (Lipinski definition) is 2. The van der Waals surface area contributed by atoms with Crippen molar-refractivity contribution in [1.29, 1.82) is 0 Å². The Labute approximate surface area is 95.9 Å². The van der Waals surface area contributed by atoms with Gasteiger partial charge in [-0.2, -0.15) is 0 Å². The van der Waals surface area contributed by atoms with E-state index in [1.165, 1.54) is 17.7 Å². The minimum Gasteiger partial charge on any atom is -0.363 e. The molecule has 1 aliphatic heterocycles. The van der Waals surface area contributed by atoms with Crippen molar-refractivity contribution in [3.63, 3.8) is 0 Å². The van der Waals surface area contributed by atoms with Gasteiger partial charge in [-0.15, -0.1) is 0 Å². The first kappa shape index (κ1) is 10.0. The molecule has 3 rings (SSSR count). The van der Waals surface area contributed by atoms with Crippen LogP contribution in [0.25, 0.3) is 0 Å². The zero-order valence-corrected chi connectivity index (χ0v) is 9.71. The average molecular weight is 218 g/mol. The van der Waals surface area contributed by atoms with Crippen molar-refractivity contribution in [3.05, 3.63) is 17.6 Å². The maximum atomic E-state index is 4.41. The lowest BCUT2D eigenvalue weighted by atomic mass is 10.0. The molecule has 1 atom stereocenters. The van der Waals surface area contributed by atoms with Gasteiger partial charge >= 0.3 is 0 Å². The fourth-order valence-electron chi connectivity index (χ4n) is 2.68. The van der Waals surface area contributed by atoms with Gasteiger partial charge in [0.15, 0.2) is 0 Å². The predicted octanol–water partition coefficient (Wildman–Crippen LogP) is 1.13. The summed E-state index contributed by atoms with van der Waals surface area (Å²) in [5.74, 6) is 1.06. The number of nitrogens with one attached hydrogen (secondary N) is 2. The molecule has 0 saturated carbocycles. The quantitative estimate of drug-likeness (QED) is 0.781. The summed E-state index contributed by atoms with van der Waals surface area (Å²) in [5, 5.41) is 7.00. The maximum Gasteiger partial charge on any atom is 0.133 e. The van der Waals surface area contributed by atoms with Gasteiger partial charge in [0.05, 0.1) is 0 Å².